The Morgan fingerprint density at radius 2 is 1.98 bits per heavy atom. The predicted molar refractivity (Wildman–Crippen MR) is 149 cm³/mol. The molecular weight excluding hydrogens is 558 g/mol. The van der Waals surface area contributed by atoms with Gasteiger partial charge in [-0.05, 0) is 43.3 Å². The monoisotopic (exact) mass is 587 g/mol. The van der Waals surface area contributed by atoms with Crippen LogP contribution in [0.15, 0.2) is 66.0 Å². The van der Waals surface area contributed by atoms with Crippen LogP contribution >= 0.6 is 11.6 Å². The number of ether oxygens (including phenoxy) is 1. The molecule has 0 aliphatic carbocycles. The molecule has 13 heteroatoms. The van der Waals surface area contributed by atoms with E-state index in [0.29, 0.717) is 5.02 Å². The van der Waals surface area contributed by atoms with Gasteiger partial charge in [0.25, 0.3) is 11.8 Å². The van der Waals surface area contributed by atoms with Gasteiger partial charge in [0.1, 0.15) is 11.8 Å². The number of nitrogens with one attached hydrogen (secondary N) is 1. The van der Waals surface area contributed by atoms with Crippen LogP contribution in [0, 0.1) is 5.92 Å². The summed E-state index contributed by atoms with van der Waals surface area (Å²) in [5, 5.41) is 13.0. The lowest BCUT2D eigenvalue weighted by molar-refractivity contribution is 0.0388. The van der Waals surface area contributed by atoms with Crippen molar-refractivity contribution in [1.29, 1.82) is 0 Å². The third kappa shape index (κ3) is 6.25. The SMILES string of the molecule is C[C@@H]1CN([C@@H](C)CO)C(=O)c2cccc(NC(=O)c3cnccn3)c2O[C@H]1CN(C)S(=O)(=O)c1ccc(Cl)cc1. The summed E-state index contributed by atoms with van der Waals surface area (Å²) in [5.74, 6) is -1.22. The molecular formula is C27H30ClN5O6S. The van der Waals surface area contributed by atoms with Gasteiger partial charge in [-0.3, -0.25) is 14.6 Å². The van der Waals surface area contributed by atoms with Crippen molar-refractivity contribution < 1.29 is 27.9 Å². The number of halogens is 1. The van der Waals surface area contributed by atoms with Crippen molar-refractivity contribution in [2.45, 2.75) is 30.9 Å². The van der Waals surface area contributed by atoms with Crippen LogP contribution in [0.3, 0.4) is 0 Å². The van der Waals surface area contributed by atoms with Gasteiger partial charge in [0.05, 0.1) is 41.5 Å². The minimum Gasteiger partial charge on any atom is -0.486 e. The third-order valence-electron chi connectivity index (χ3n) is 6.69. The summed E-state index contributed by atoms with van der Waals surface area (Å²) < 4.78 is 34.2. The summed E-state index contributed by atoms with van der Waals surface area (Å²) in [4.78, 5) is 36.0. The molecule has 40 heavy (non-hydrogen) atoms. The van der Waals surface area contributed by atoms with Crippen molar-refractivity contribution in [3.05, 3.63) is 77.3 Å². The van der Waals surface area contributed by atoms with Gasteiger partial charge in [-0.1, -0.05) is 24.6 Å². The van der Waals surface area contributed by atoms with Crippen molar-refractivity contribution >= 4 is 39.1 Å². The number of aliphatic hydroxyl groups excluding tert-OH is 1. The van der Waals surface area contributed by atoms with E-state index in [9.17, 15) is 23.1 Å². The number of para-hydroxylation sites is 1. The molecule has 0 saturated heterocycles. The minimum absolute atomic E-state index is 0.0616. The van der Waals surface area contributed by atoms with Crippen LogP contribution in [0.5, 0.6) is 5.75 Å². The third-order valence-corrected chi connectivity index (χ3v) is 8.78. The standard InChI is InChI=1S/C27H30ClN5O6S/c1-17-14-33(18(2)16-34)27(36)21-5-4-6-22(31-26(35)23-13-29-11-12-30-23)25(21)39-24(17)15-32(3)40(37,38)20-9-7-19(28)8-10-20/h4-13,17-18,24,34H,14-16H2,1-3H3,(H,31,35)/t17-,18+,24+/m1/s1. The number of likely N-dealkylation sites (N-methyl/N-ethyl adjacent to an activating group) is 1. The van der Waals surface area contributed by atoms with E-state index in [1.165, 1.54) is 59.1 Å². The zero-order valence-corrected chi connectivity index (χ0v) is 23.8. The largest absolute Gasteiger partial charge is 0.486 e. The fourth-order valence-corrected chi connectivity index (χ4v) is 5.61. The maximum absolute atomic E-state index is 13.6. The maximum Gasteiger partial charge on any atom is 0.275 e. The number of carbonyl (C=O) groups excluding carboxylic acids is 2. The summed E-state index contributed by atoms with van der Waals surface area (Å²) >= 11 is 5.93. The summed E-state index contributed by atoms with van der Waals surface area (Å²) in [6, 6.07) is 10.1. The second-order valence-electron chi connectivity index (χ2n) is 9.59. The molecule has 11 nitrogen and oxygen atoms in total. The van der Waals surface area contributed by atoms with Gasteiger partial charge < -0.3 is 20.1 Å². The van der Waals surface area contributed by atoms with Crippen molar-refractivity contribution in [3.8, 4) is 5.75 Å². The summed E-state index contributed by atoms with van der Waals surface area (Å²) in [6.45, 7) is 3.43. The van der Waals surface area contributed by atoms with Crippen molar-refractivity contribution in [3.63, 3.8) is 0 Å². The Hall–Kier alpha value is -3.58. The van der Waals surface area contributed by atoms with Crippen LogP contribution in [-0.4, -0.2) is 83.4 Å². The molecule has 0 unspecified atom stereocenters. The molecule has 2 N–H and O–H groups in total. The second kappa shape index (κ2) is 12.3. The van der Waals surface area contributed by atoms with E-state index in [0.717, 1.165) is 0 Å². The molecule has 0 saturated carbocycles. The number of aromatic nitrogens is 2. The van der Waals surface area contributed by atoms with Crippen molar-refractivity contribution in [1.82, 2.24) is 19.2 Å². The normalized spacial score (nSPS) is 18.4. The van der Waals surface area contributed by atoms with Gasteiger partial charge in [-0.25, -0.2) is 13.4 Å². The summed E-state index contributed by atoms with van der Waals surface area (Å²) in [6.07, 6.45) is 3.39. The van der Waals surface area contributed by atoms with Gasteiger partial charge in [0.15, 0.2) is 5.75 Å². The predicted octanol–water partition coefficient (Wildman–Crippen LogP) is 2.92. The van der Waals surface area contributed by atoms with E-state index >= 15 is 0 Å². The molecule has 2 amide bonds. The molecule has 2 heterocycles. The van der Waals surface area contributed by atoms with E-state index in [4.69, 9.17) is 16.3 Å². The highest BCUT2D eigenvalue weighted by molar-refractivity contribution is 7.89. The Balaban J connectivity index is 1.72. The summed E-state index contributed by atoms with van der Waals surface area (Å²) in [7, 11) is -2.45. The maximum atomic E-state index is 13.6. The molecule has 0 fully saturated rings. The van der Waals surface area contributed by atoms with Crippen LogP contribution in [-0.2, 0) is 10.0 Å². The average Bonchev–Trinajstić information content (AvgIpc) is 2.95. The number of anilines is 1. The van der Waals surface area contributed by atoms with Crippen LogP contribution in [0.25, 0.3) is 0 Å². The van der Waals surface area contributed by atoms with E-state index in [2.05, 4.69) is 15.3 Å². The quantitative estimate of drug-likeness (QED) is 0.410. The number of fused-ring (bicyclic) bond motifs is 1. The van der Waals surface area contributed by atoms with Crippen LogP contribution in [0.2, 0.25) is 5.02 Å². The molecule has 1 aliphatic heterocycles. The van der Waals surface area contributed by atoms with Gasteiger partial charge in [-0.15, -0.1) is 0 Å². The highest BCUT2D eigenvalue weighted by atomic mass is 35.5. The van der Waals surface area contributed by atoms with Gasteiger partial charge in [0, 0.05) is 36.9 Å². The zero-order valence-electron chi connectivity index (χ0n) is 22.2. The molecule has 0 spiro atoms. The Labute approximate surface area is 237 Å². The lowest BCUT2D eigenvalue weighted by Crippen LogP contribution is -2.50. The van der Waals surface area contributed by atoms with Crippen molar-refractivity contribution in [2.24, 2.45) is 5.92 Å². The number of nitrogens with zero attached hydrogens (tertiary/aromatic N) is 4. The highest BCUT2D eigenvalue weighted by Crippen LogP contribution is 2.35. The lowest BCUT2D eigenvalue weighted by Gasteiger charge is -2.38. The zero-order chi connectivity index (χ0) is 29.0. The van der Waals surface area contributed by atoms with Crippen LogP contribution < -0.4 is 10.1 Å². The highest BCUT2D eigenvalue weighted by Gasteiger charge is 2.36. The number of benzene rings is 2. The van der Waals surface area contributed by atoms with Gasteiger partial charge in [0.2, 0.25) is 10.0 Å². The first-order chi connectivity index (χ1) is 19.0. The number of hydrogen-bond acceptors (Lipinski definition) is 8. The Bertz CT molecular complexity index is 1470. The molecule has 0 radical (unpaired) electrons. The Morgan fingerprint density at radius 3 is 2.62 bits per heavy atom. The molecule has 4 rings (SSSR count). The first-order valence-electron chi connectivity index (χ1n) is 12.5. The van der Waals surface area contributed by atoms with E-state index < -0.39 is 28.1 Å². The van der Waals surface area contributed by atoms with E-state index in [-0.39, 0.29) is 59.1 Å². The van der Waals surface area contributed by atoms with E-state index in [1.54, 1.807) is 25.1 Å². The molecule has 3 aromatic rings. The molecule has 1 aliphatic rings. The number of aliphatic hydroxyl groups is 1. The topological polar surface area (TPSA) is 142 Å². The fraction of sp³-hybridized carbons (Fsp3) is 0.333. The number of hydrogen-bond donors (Lipinski definition) is 2. The van der Waals surface area contributed by atoms with Crippen LogP contribution in [0.4, 0.5) is 5.69 Å². The molecule has 0 bridgehead atoms. The Morgan fingerprint density at radius 1 is 1.25 bits per heavy atom. The number of sulfonamides is 1. The second-order valence-corrected chi connectivity index (χ2v) is 12.1. The average molecular weight is 588 g/mol. The number of carbonyl (C=O) groups is 2. The summed E-state index contributed by atoms with van der Waals surface area (Å²) in [5.41, 5.74) is 0.435. The van der Waals surface area contributed by atoms with Gasteiger partial charge in [-0.2, -0.15) is 4.31 Å². The fourth-order valence-electron chi connectivity index (χ4n) is 4.30. The Kier molecular flexibility index (Phi) is 9.04. The van der Waals surface area contributed by atoms with Crippen LogP contribution in [0.1, 0.15) is 34.7 Å². The molecule has 2 aromatic carbocycles. The first-order valence-corrected chi connectivity index (χ1v) is 14.4. The smallest absolute Gasteiger partial charge is 0.275 e. The number of rotatable bonds is 8. The molecule has 212 valence electrons. The van der Waals surface area contributed by atoms with Crippen molar-refractivity contribution in [2.75, 3.05) is 32.1 Å². The number of amides is 2. The van der Waals surface area contributed by atoms with E-state index in [1.807, 2.05) is 6.92 Å². The first kappa shape index (κ1) is 29.4. The molecule has 1 aromatic heterocycles. The lowest BCUT2D eigenvalue weighted by atomic mass is 9.99. The molecule has 3 atom stereocenters. The minimum atomic E-state index is -3.90. The van der Waals surface area contributed by atoms with Gasteiger partial charge >= 0.3 is 0 Å².